The summed E-state index contributed by atoms with van der Waals surface area (Å²) in [6.07, 6.45) is 5.46. The molecule has 4 aromatic rings. The summed E-state index contributed by atoms with van der Waals surface area (Å²) >= 11 is 0. The van der Waals surface area contributed by atoms with Crippen LogP contribution in [0.5, 0.6) is 5.75 Å². The Morgan fingerprint density at radius 2 is 1.50 bits per heavy atom. The number of aliphatic imine (C=N–C) groups is 1. The lowest BCUT2D eigenvalue weighted by Crippen LogP contribution is -1.98. The van der Waals surface area contributed by atoms with Gasteiger partial charge in [-0.1, -0.05) is 80.4 Å². The van der Waals surface area contributed by atoms with Gasteiger partial charge in [-0.15, -0.1) is 0 Å². The van der Waals surface area contributed by atoms with Gasteiger partial charge in [0.2, 0.25) is 0 Å². The van der Waals surface area contributed by atoms with Crippen molar-refractivity contribution in [3.05, 3.63) is 84.4 Å². The first-order valence-electron chi connectivity index (χ1n) is 10.0. The minimum Gasteiger partial charge on any atom is -0.493 e. The second-order valence-electron chi connectivity index (χ2n) is 7.01. The van der Waals surface area contributed by atoms with E-state index in [1.165, 1.54) is 29.0 Å². The fourth-order valence-corrected chi connectivity index (χ4v) is 3.53. The van der Waals surface area contributed by atoms with E-state index in [4.69, 9.17) is 9.73 Å². The molecule has 0 saturated carbocycles. The number of hydrogen-bond acceptors (Lipinski definition) is 2. The van der Waals surface area contributed by atoms with Gasteiger partial charge >= 0.3 is 0 Å². The minimum absolute atomic E-state index is 0.765. The van der Waals surface area contributed by atoms with Crippen LogP contribution in [0.25, 0.3) is 21.5 Å². The van der Waals surface area contributed by atoms with E-state index in [0.29, 0.717) is 0 Å². The van der Waals surface area contributed by atoms with Gasteiger partial charge in [0.25, 0.3) is 0 Å². The zero-order chi connectivity index (χ0) is 19.2. The summed E-state index contributed by atoms with van der Waals surface area (Å²) in [5.74, 6) is 0.953. The highest BCUT2D eigenvalue weighted by Gasteiger charge is 2.06. The fraction of sp³-hybridized carbons (Fsp3) is 0.192. The molecule has 4 aromatic carbocycles. The first-order valence-corrected chi connectivity index (χ1v) is 10.0. The van der Waals surface area contributed by atoms with Gasteiger partial charge in [0.15, 0.2) is 0 Å². The Labute approximate surface area is 166 Å². The third-order valence-electron chi connectivity index (χ3n) is 5.03. The molecule has 140 valence electrons. The van der Waals surface area contributed by atoms with Crippen molar-refractivity contribution in [1.29, 1.82) is 0 Å². The minimum atomic E-state index is 0.765. The summed E-state index contributed by atoms with van der Waals surface area (Å²) < 4.78 is 6.05. The van der Waals surface area contributed by atoms with Crippen LogP contribution in [0.1, 0.15) is 31.7 Å². The van der Waals surface area contributed by atoms with Crippen LogP contribution in [0.2, 0.25) is 0 Å². The lowest BCUT2D eigenvalue weighted by molar-refractivity contribution is 0.310. The van der Waals surface area contributed by atoms with E-state index in [0.717, 1.165) is 35.4 Å². The molecule has 0 aliphatic heterocycles. The Balaban J connectivity index is 1.66. The number of nitrogens with zero attached hydrogens (tertiary/aromatic N) is 1. The van der Waals surface area contributed by atoms with Gasteiger partial charge in [-0.3, -0.25) is 4.99 Å². The van der Waals surface area contributed by atoms with Gasteiger partial charge in [0.05, 0.1) is 12.3 Å². The van der Waals surface area contributed by atoms with Gasteiger partial charge in [0, 0.05) is 22.6 Å². The van der Waals surface area contributed by atoms with Crippen LogP contribution in [0.4, 0.5) is 5.69 Å². The van der Waals surface area contributed by atoms with E-state index in [-0.39, 0.29) is 0 Å². The van der Waals surface area contributed by atoms with E-state index in [9.17, 15) is 0 Å². The maximum absolute atomic E-state index is 6.05. The lowest BCUT2D eigenvalue weighted by Gasteiger charge is -2.11. The summed E-state index contributed by atoms with van der Waals surface area (Å²) in [6, 6.07) is 27.2. The summed E-state index contributed by atoms with van der Waals surface area (Å²) in [5.41, 5.74) is 2.09. The van der Waals surface area contributed by atoms with E-state index in [1.54, 1.807) is 0 Å². The molecule has 0 spiro atoms. The molecule has 0 aromatic heterocycles. The maximum Gasteiger partial charge on any atom is 0.127 e. The maximum atomic E-state index is 6.05. The molecule has 0 aliphatic rings. The van der Waals surface area contributed by atoms with Crippen LogP contribution in [0.3, 0.4) is 0 Å². The topological polar surface area (TPSA) is 21.6 Å². The number of unbranched alkanes of at least 4 members (excludes halogenated alkanes) is 2. The standard InChI is InChI=1S/C26H25NO/c1-2-3-8-18-28-26-17-16-21(22-12-6-7-14-24(22)26)19-27-25-15-9-11-20-10-4-5-13-23(20)25/h4-7,9-17,19H,2-3,8,18H2,1H3/b27-19+. The van der Waals surface area contributed by atoms with Gasteiger partial charge in [-0.25, -0.2) is 0 Å². The summed E-state index contributed by atoms with van der Waals surface area (Å²) in [4.78, 5) is 4.81. The van der Waals surface area contributed by atoms with Gasteiger partial charge in [-0.05, 0) is 35.4 Å². The Morgan fingerprint density at radius 3 is 2.36 bits per heavy atom. The van der Waals surface area contributed by atoms with Crippen molar-refractivity contribution >= 4 is 33.4 Å². The first-order chi connectivity index (χ1) is 13.9. The summed E-state index contributed by atoms with van der Waals surface area (Å²) in [5, 5.41) is 4.68. The summed E-state index contributed by atoms with van der Waals surface area (Å²) in [6.45, 7) is 2.97. The van der Waals surface area contributed by atoms with E-state index in [1.807, 2.05) is 6.21 Å². The van der Waals surface area contributed by atoms with Crippen molar-refractivity contribution in [1.82, 2.24) is 0 Å². The monoisotopic (exact) mass is 367 g/mol. The molecule has 0 bridgehead atoms. The number of hydrogen-bond donors (Lipinski definition) is 0. The number of rotatable bonds is 7. The second-order valence-corrected chi connectivity index (χ2v) is 7.01. The molecular formula is C26H25NO. The number of fused-ring (bicyclic) bond motifs is 2. The third-order valence-corrected chi connectivity index (χ3v) is 5.03. The SMILES string of the molecule is CCCCCOc1ccc(/C=N/c2cccc3ccccc23)c2ccccc12. The van der Waals surface area contributed by atoms with Crippen LogP contribution < -0.4 is 4.74 Å². The molecule has 0 amide bonds. The molecule has 0 radical (unpaired) electrons. The molecule has 0 heterocycles. The molecule has 2 heteroatoms. The highest BCUT2D eigenvalue weighted by atomic mass is 16.5. The molecule has 2 nitrogen and oxygen atoms in total. The Hall–Kier alpha value is -3.13. The normalized spacial score (nSPS) is 11.5. The zero-order valence-corrected chi connectivity index (χ0v) is 16.3. The second kappa shape index (κ2) is 8.71. The van der Waals surface area contributed by atoms with Crippen LogP contribution >= 0.6 is 0 Å². The van der Waals surface area contributed by atoms with Crippen molar-refractivity contribution in [2.24, 2.45) is 4.99 Å². The molecule has 0 saturated heterocycles. The first kappa shape index (κ1) is 18.2. The van der Waals surface area contributed by atoms with Crippen LogP contribution in [0.15, 0.2) is 83.9 Å². The quantitative estimate of drug-likeness (QED) is 0.248. The Morgan fingerprint density at radius 1 is 0.750 bits per heavy atom. The molecule has 0 atom stereocenters. The number of benzene rings is 4. The predicted octanol–water partition coefficient (Wildman–Crippen LogP) is 7.31. The van der Waals surface area contributed by atoms with Crippen molar-refractivity contribution in [3.8, 4) is 5.75 Å². The van der Waals surface area contributed by atoms with Crippen molar-refractivity contribution in [2.75, 3.05) is 6.61 Å². The molecule has 4 rings (SSSR count). The molecule has 0 N–H and O–H groups in total. The van der Waals surface area contributed by atoms with Crippen molar-refractivity contribution in [2.45, 2.75) is 26.2 Å². The smallest absolute Gasteiger partial charge is 0.127 e. The van der Waals surface area contributed by atoms with Crippen molar-refractivity contribution in [3.63, 3.8) is 0 Å². The van der Waals surface area contributed by atoms with E-state index >= 15 is 0 Å². The molecule has 0 unspecified atom stereocenters. The zero-order valence-electron chi connectivity index (χ0n) is 16.3. The Kier molecular flexibility index (Phi) is 5.67. The molecular weight excluding hydrogens is 342 g/mol. The van der Waals surface area contributed by atoms with Gasteiger partial charge < -0.3 is 4.74 Å². The Bertz CT molecular complexity index is 1110. The predicted molar refractivity (Wildman–Crippen MR) is 120 cm³/mol. The van der Waals surface area contributed by atoms with E-state index < -0.39 is 0 Å². The van der Waals surface area contributed by atoms with Gasteiger partial charge in [0.1, 0.15) is 5.75 Å². The van der Waals surface area contributed by atoms with E-state index in [2.05, 4.69) is 85.8 Å². The average molecular weight is 367 g/mol. The number of ether oxygens (including phenoxy) is 1. The average Bonchev–Trinajstić information content (AvgIpc) is 2.76. The van der Waals surface area contributed by atoms with Crippen LogP contribution in [0, 0.1) is 0 Å². The highest BCUT2D eigenvalue weighted by molar-refractivity contribution is 6.04. The molecule has 0 aliphatic carbocycles. The largest absolute Gasteiger partial charge is 0.493 e. The fourth-order valence-electron chi connectivity index (χ4n) is 3.53. The summed E-state index contributed by atoms with van der Waals surface area (Å²) in [7, 11) is 0. The molecule has 0 fully saturated rings. The van der Waals surface area contributed by atoms with Crippen LogP contribution in [-0.2, 0) is 0 Å². The highest BCUT2D eigenvalue weighted by Crippen LogP contribution is 2.30. The van der Waals surface area contributed by atoms with Gasteiger partial charge in [-0.2, -0.15) is 0 Å². The lowest BCUT2D eigenvalue weighted by atomic mass is 10.0. The van der Waals surface area contributed by atoms with Crippen LogP contribution in [-0.4, -0.2) is 12.8 Å². The third kappa shape index (κ3) is 3.91. The molecule has 28 heavy (non-hydrogen) atoms. The van der Waals surface area contributed by atoms with Crippen molar-refractivity contribution < 1.29 is 4.74 Å².